The molecule has 2 fully saturated rings. The highest BCUT2D eigenvalue weighted by molar-refractivity contribution is 5.86. The molecule has 2 heterocycles. The van der Waals surface area contributed by atoms with Crippen LogP contribution in [-0.4, -0.2) is 66.1 Å². The zero-order chi connectivity index (χ0) is 24.8. The quantitative estimate of drug-likeness (QED) is 0.602. The first-order valence-electron chi connectivity index (χ1n) is 12.4. The number of carbonyl (C=O) groups is 2. The molecule has 0 aromatic heterocycles. The molecule has 35 heavy (non-hydrogen) atoms. The minimum absolute atomic E-state index is 0.0148. The number of hydrogen-bond donors (Lipinski definition) is 0. The van der Waals surface area contributed by atoms with Crippen LogP contribution in [0, 0.1) is 11.7 Å². The summed E-state index contributed by atoms with van der Waals surface area (Å²) in [5.41, 5.74) is 1.52. The van der Waals surface area contributed by atoms with Gasteiger partial charge >= 0.3 is 0 Å². The van der Waals surface area contributed by atoms with Crippen LogP contribution in [0.1, 0.15) is 37.8 Å². The molecule has 4 rings (SSSR count). The summed E-state index contributed by atoms with van der Waals surface area (Å²) in [4.78, 5) is 30.2. The number of hydrogen-bond acceptors (Lipinski definition) is 4. The SMILES string of the molecule is CC1(C)CC(C(=O)N2CC(=O)N(CCc3ccccc3)CC(OCc3cccc(F)c3)C2)CCO1. The lowest BCUT2D eigenvalue weighted by Crippen LogP contribution is -2.46. The average molecular weight is 483 g/mol. The van der Waals surface area contributed by atoms with Crippen molar-refractivity contribution in [2.45, 2.75) is 51.4 Å². The minimum Gasteiger partial charge on any atom is -0.376 e. The average Bonchev–Trinajstić information content (AvgIpc) is 2.99. The Hall–Kier alpha value is -2.77. The molecule has 7 heteroatoms. The number of carbonyl (C=O) groups excluding carboxylic acids is 2. The van der Waals surface area contributed by atoms with Gasteiger partial charge in [-0.15, -0.1) is 0 Å². The van der Waals surface area contributed by atoms with Crippen LogP contribution >= 0.6 is 0 Å². The van der Waals surface area contributed by atoms with E-state index in [0.29, 0.717) is 39.1 Å². The summed E-state index contributed by atoms with van der Waals surface area (Å²) in [5.74, 6) is -0.576. The van der Waals surface area contributed by atoms with Gasteiger partial charge in [-0.1, -0.05) is 42.5 Å². The van der Waals surface area contributed by atoms with E-state index < -0.39 is 0 Å². The maximum Gasteiger partial charge on any atom is 0.242 e. The van der Waals surface area contributed by atoms with Gasteiger partial charge in [0.1, 0.15) is 5.82 Å². The molecule has 0 saturated carbocycles. The number of halogens is 1. The molecule has 2 aliphatic heterocycles. The molecular formula is C28H35FN2O4. The van der Waals surface area contributed by atoms with Crippen molar-refractivity contribution >= 4 is 11.8 Å². The number of rotatable bonds is 7. The van der Waals surface area contributed by atoms with Crippen molar-refractivity contribution in [2.75, 3.05) is 32.8 Å². The largest absolute Gasteiger partial charge is 0.376 e. The van der Waals surface area contributed by atoms with Gasteiger partial charge in [-0.05, 0) is 56.4 Å². The van der Waals surface area contributed by atoms with Crippen LogP contribution in [0.4, 0.5) is 4.39 Å². The van der Waals surface area contributed by atoms with Crippen LogP contribution in [0.15, 0.2) is 54.6 Å². The van der Waals surface area contributed by atoms with Crippen LogP contribution in [0.3, 0.4) is 0 Å². The Balaban J connectivity index is 1.47. The Morgan fingerprint density at radius 1 is 1.11 bits per heavy atom. The normalized spacial score (nSPS) is 22.7. The predicted molar refractivity (Wildman–Crippen MR) is 131 cm³/mol. The van der Waals surface area contributed by atoms with Crippen molar-refractivity contribution in [2.24, 2.45) is 5.92 Å². The number of nitrogens with zero attached hydrogens (tertiary/aromatic N) is 2. The molecule has 2 amide bonds. The van der Waals surface area contributed by atoms with Gasteiger partial charge in [-0.2, -0.15) is 0 Å². The van der Waals surface area contributed by atoms with Crippen LogP contribution in [0.5, 0.6) is 0 Å². The molecule has 2 unspecified atom stereocenters. The van der Waals surface area contributed by atoms with Crippen LogP contribution < -0.4 is 0 Å². The van der Waals surface area contributed by atoms with Crippen LogP contribution in [0.25, 0.3) is 0 Å². The lowest BCUT2D eigenvalue weighted by Gasteiger charge is -2.37. The van der Waals surface area contributed by atoms with E-state index in [1.54, 1.807) is 15.9 Å². The summed E-state index contributed by atoms with van der Waals surface area (Å²) in [6.45, 7) is 6.07. The van der Waals surface area contributed by atoms with Crippen molar-refractivity contribution in [1.29, 1.82) is 0 Å². The highest BCUT2D eigenvalue weighted by atomic mass is 19.1. The smallest absolute Gasteiger partial charge is 0.242 e. The zero-order valence-electron chi connectivity index (χ0n) is 20.6. The Labute approximate surface area is 207 Å². The first-order valence-corrected chi connectivity index (χ1v) is 12.4. The second-order valence-corrected chi connectivity index (χ2v) is 10.2. The first kappa shape index (κ1) is 25.3. The Bertz CT molecular complexity index is 1010. The van der Waals surface area contributed by atoms with E-state index >= 15 is 0 Å². The molecule has 0 radical (unpaired) electrons. The summed E-state index contributed by atoms with van der Waals surface area (Å²) < 4.78 is 25.6. The van der Waals surface area contributed by atoms with Crippen molar-refractivity contribution < 1.29 is 23.5 Å². The Morgan fingerprint density at radius 3 is 2.63 bits per heavy atom. The minimum atomic E-state index is -0.364. The predicted octanol–water partition coefficient (Wildman–Crippen LogP) is 3.83. The maximum atomic E-state index is 13.6. The van der Waals surface area contributed by atoms with E-state index in [0.717, 1.165) is 17.5 Å². The fourth-order valence-corrected chi connectivity index (χ4v) is 4.92. The fraction of sp³-hybridized carbons (Fsp3) is 0.500. The molecule has 0 spiro atoms. The van der Waals surface area contributed by atoms with E-state index in [2.05, 4.69) is 0 Å². The zero-order valence-corrected chi connectivity index (χ0v) is 20.6. The standard InChI is InChI=1S/C28H35FN2O4/c1-28(2)16-23(12-14-35-28)27(33)31-18-25(34-20-22-9-6-10-24(29)15-22)17-30(26(32)19-31)13-11-21-7-4-3-5-8-21/h3-10,15,23,25H,11-14,16-20H2,1-2H3. The number of ether oxygens (including phenoxy) is 2. The molecule has 2 aromatic carbocycles. The molecule has 2 aromatic rings. The number of benzene rings is 2. The van der Waals surface area contributed by atoms with Gasteiger partial charge in [0, 0.05) is 32.2 Å². The van der Waals surface area contributed by atoms with Gasteiger partial charge in [0.2, 0.25) is 11.8 Å². The second-order valence-electron chi connectivity index (χ2n) is 10.2. The van der Waals surface area contributed by atoms with E-state index in [-0.39, 0.29) is 48.4 Å². The third kappa shape index (κ3) is 7.12. The number of amides is 2. The van der Waals surface area contributed by atoms with Crippen molar-refractivity contribution in [3.05, 3.63) is 71.5 Å². The lowest BCUT2D eigenvalue weighted by molar-refractivity contribution is -0.149. The third-order valence-electron chi connectivity index (χ3n) is 6.77. The summed E-state index contributed by atoms with van der Waals surface area (Å²) in [6, 6.07) is 16.3. The van der Waals surface area contributed by atoms with Gasteiger partial charge < -0.3 is 19.3 Å². The molecule has 0 N–H and O–H groups in total. The van der Waals surface area contributed by atoms with Crippen LogP contribution in [0.2, 0.25) is 0 Å². The van der Waals surface area contributed by atoms with E-state index in [1.165, 1.54) is 12.1 Å². The van der Waals surface area contributed by atoms with E-state index in [4.69, 9.17) is 9.47 Å². The Kier molecular flexibility index (Phi) is 8.19. The van der Waals surface area contributed by atoms with Crippen molar-refractivity contribution in [3.8, 4) is 0 Å². The molecule has 6 nitrogen and oxygen atoms in total. The molecule has 2 aliphatic rings. The molecular weight excluding hydrogens is 447 g/mol. The van der Waals surface area contributed by atoms with Gasteiger partial charge in [0.15, 0.2) is 0 Å². The maximum absolute atomic E-state index is 13.6. The van der Waals surface area contributed by atoms with Gasteiger partial charge in [-0.25, -0.2) is 4.39 Å². The summed E-state index contributed by atoms with van der Waals surface area (Å²) in [7, 11) is 0. The van der Waals surface area contributed by atoms with Gasteiger partial charge in [-0.3, -0.25) is 9.59 Å². The van der Waals surface area contributed by atoms with E-state index in [1.807, 2.05) is 50.2 Å². The lowest BCUT2D eigenvalue weighted by atomic mass is 9.87. The monoisotopic (exact) mass is 482 g/mol. The molecule has 0 aliphatic carbocycles. The molecule has 0 bridgehead atoms. The fourth-order valence-electron chi connectivity index (χ4n) is 4.92. The second kappa shape index (κ2) is 11.3. The van der Waals surface area contributed by atoms with E-state index in [9.17, 15) is 14.0 Å². The van der Waals surface area contributed by atoms with Gasteiger partial charge in [0.25, 0.3) is 0 Å². The van der Waals surface area contributed by atoms with Crippen molar-refractivity contribution in [1.82, 2.24) is 9.80 Å². The molecule has 2 atom stereocenters. The van der Waals surface area contributed by atoms with Gasteiger partial charge in [0.05, 0.1) is 24.9 Å². The Morgan fingerprint density at radius 2 is 1.89 bits per heavy atom. The highest BCUT2D eigenvalue weighted by Gasteiger charge is 2.38. The molecule has 2 saturated heterocycles. The molecule has 188 valence electrons. The first-order chi connectivity index (χ1) is 16.8. The summed E-state index contributed by atoms with van der Waals surface area (Å²) >= 11 is 0. The summed E-state index contributed by atoms with van der Waals surface area (Å²) in [6.07, 6.45) is 1.64. The highest BCUT2D eigenvalue weighted by Crippen LogP contribution is 2.30. The third-order valence-corrected chi connectivity index (χ3v) is 6.77. The summed E-state index contributed by atoms with van der Waals surface area (Å²) in [5, 5.41) is 0. The topological polar surface area (TPSA) is 59.1 Å². The van der Waals surface area contributed by atoms with Crippen LogP contribution in [-0.2, 0) is 32.1 Å². The van der Waals surface area contributed by atoms with Crippen molar-refractivity contribution in [3.63, 3.8) is 0 Å².